The van der Waals surface area contributed by atoms with Crippen LogP contribution < -0.4 is 0 Å². The summed E-state index contributed by atoms with van der Waals surface area (Å²) >= 11 is 6.20. The molecule has 0 spiro atoms. The number of carbonyl (C=O) groups is 1. The molecular formula is C19H17ClF3N5O2. The molecule has 0 radical (unpaired) electrons. The fourth-order valence-electron chi connectivity index (χ4n) is 3.25. The first-order chi connectivity index (χ1) is 14.2. The van der Waals surface area contributed by atoms with Gasteiger partial charge in [-0.1, -0.05) is 22.8 Å². The third-order valence-corrected chi connectivity index (χ3v) is 5.40. The van der Waals surface area contributed by atoms with E-state index in [0.717, 1.165) is 10.7 Å². The minimum absolute atomic E-state index is 0.0385. The van der Waals surface area contributed by atoms with Crippen molar-refractivity contribution in [3.8, 4) is 11.6 Å². The van der Waals surface area contributed by atoms with E-state index in [9.17, 15) is 18.0 Å². The van der Waals surface area contributed by atoms with Crippen LogP contribution in [0.4, 0.5) is 13.2 Å². The number of carbonyl (C=O) groups excluding carboxylic acids is 1. The minimum atomic E-state index is -2.84. The van der Waals surface area contributed by atoms with E-state index in [1.54, 1.807) is 6.07 Å². The van der Waals surface area contributed by atoms with E-state index in [1.165, 1.54) is 31.1 Å². The number of likely N-dealkylation sites (N-methyl/N-ethyl adjacent to an activating group) is 1. The van der Waals surface area contributed by atoms with Crippen molar-refractivity contribution >= 4 is 17.5 Å². The third-order valence-electron chi connectivity index (χ3n) is 5.09. The summed E-state index contributed by atoms with van der Waals surface area (Å²) < 4.78 is 46.4. The largest absolute Gasteiger partial charge is 0.347 e. The molecule has 1 aromatic carbocycles. The molecule has 1 saturated carbocycles. The van der Waals surface area contributed by atoms with Gasteiger partial charge in [0.05, 0.1) is 5.41 Å². The Hall–Kier alpha value is -2.88. The van der Waals surface area contributed by atoms with Crippen molar-refractivity contribution < 1.29 is 22.5 Å². The maximum Gasteiger partial charge on any atom is 0.280 e. The normalized spacial score (nSPS) is 14.9. The Labute approximate surface area is 174 Å². The molecule has 3 aromatic rings. The van der Waals surface area contributed by atoms with Gasteiger partial charge in [0.15, 0.2) is 11.5 Å². The Balaban J connectivity index is 1.67. The molecule has 2 heterocycles. The summed E-state index contributed by atoms with van der Waals surface area (Å²) in [6, 6.07) is 5.23. The fourth-order valence-corrected chi connectivity index (χ4v) is 3.59. The molecule has 0 saturated heterocycles. The second kappa shape index (κ2) is 7.42. The van der Waals surface area contributed by atoms with Crippen molar-refractivity contribution in [1.29, 1.82) is 0 Å². The second-order valence-electron chi connectivity index (χ2n) is 7.33. The molecule has 0 atom stereocenters. The SMILES string of the molecule is CN(C)C(=O)Cn1nc(-c2nc(C3(c4ccc(F)cc4Cl)CC3)no2)cc1C(F)F. The number of halogens is 4. The number of benzene rings is 1. The van der Waals surface area contributed by atoms with Gasteiger partial charge >= 0.3 is 0 Å². The van der Waals surface area contributed by atoms with Crippen LogP contribution in [-0.2, 0) is 16.8 Å². The van der Waals surface area contributed by atoms with Crippen LogP contribution in [0.5, 0.6) is 0 Å². The molecule has 1 amide bonds. The van der Waals surface area contributed by atoms with Crippen LogP contribution in [0.2, 0.25) is 5.02 Å². The van der Waals surface area contributed by atoms with Crippen LogP contribution in [0.15, 0.2) is 28.8 Å². The van der Waals surface area contributed by atoms with Gasteiger partial charge in [-0.2, -0.15) is 10.1 Å². The van der Waals surface area contributed by atoms with Crippen LogP contribution in [0.3, 0.4) is 0 Å². The summed E-state index contributed by atoms with van der Waals surface area (Å²) in [6.45, 7) is -0.344. The fraction of sp³-hybridized carbons (Fsp3) is 0.368. The van der Waals surface area contributed by atoms with Gasteiger partial charge in [0, 0.05) is 19.1 Å². The van der Waals surface area contributed by atoms with Crippen LogP contribution in [-0.4, -0.2) is 44.8 Å². The quantitative estimate of drug-likeness (QED) is 0.583. The van der Waals surface area contributed by atoms with Gasteiger partial charge in [0.25, 0.3) is 12.3 Å². The highest BCUT2D eigenvalue weighted by molar-refractivity contribution is 6.31. The first kappa shape index (κ1) is 20.4. The van der Waals surface area contributed by atoms with Crippen LogP contribution in [0.1, 0.15) is 36.3 Å². The van der Waals surface area contributed by atoms with Gasteiger partial charge in [-0.25, -0.2) is 13.2 Å². The number of aromatic nitrogens is 4. The van der Waals surface area contributed by atoms with Gasteiger partial charge in [-0.05, 0) is 36.6 Å². The Morgan fingerprint density at radius 1 is 1.33 bits per heavy atom. The average molecular weight is 440 g/mol. The first-order valence-electron chi connectivity index (χ1n) is 9.07. The molecule has 4 rings (SSSR count). The maximum absolute atomic E-state index is 13.4. The van der Waals surface area contributed by atoms with E-state index in [4.69, 9.17) is 16.1 Å². The average Bonchev–Trinajstić information content (AvgIpc) is 3.12. The molecule has 0 aliphatic heterocycles. The highest BCUT2D eigenvalue weighted by atomic mass is 35.5. The van der Waals surface area contributed by atoms with Crippen LogP contribution in [0, 0.1) is 5.82 Å². The van der Waals surface area contributed by atoms with Crippen molar-refractivity contribution in [1.82, 2.24) is 24.8 Å². The Morgan fingerprint density at radius 2 is 2.07 bits per heavy atom. The van der Waals surface area contributed by atoms with E-state index in [-0.39, 0.29) is 29.1 Å². The maximum atomic E-state index is 13.4. The van der Waals surface area contributed by atoms with E-state index >= 15 is 0 Å². The molecule has 0 unspecified atom stereocenters. The van der Waals surface area contributed by atoms with Gasteiger partial charge in [0.1, 0.15) is 18.1 Å². The molecule has 1 aliphatic rings. The van der Waals surface area contributed by atoms with Gasteiger partial charge < -0.3 is 9.42 Å². The Bertz CT molecular complexity index is 1110. The lowest BCUT2D eigenvalue weighted by atomic mass is 9.95. The van der Waals surface area contributed by atoms with Crippen molar-refractivity contribution in [2.45, 2.75) is 31.2 Å². The molecule has 11 heteroatoms. The number of hydrogen-bond acceptors (Lipinski definition) is 5. The monoisotopic (exact) mass is 439 g/mol. The van der Waals surface area contributed by atoms with Gasteiger partial charge in [0.2, 0.25) is 5.91 Å². The molecule has 1 fully saturated rings. The number of nitrogens with zero attached hydrogens (tertiary/aromatic N) is 5. The summed E-state index contributed by atoms with van der Waals surface area (Å²) in [5.74, 6) is -0.567. The molecule has 2 aromatic heterocycles. The zero-order chi connectivity index (χ0) is 21.6. The van der Waals surface area contributed by atoms with Crippen LogP contribution >= 0.6 is 11.6 Å². The molecule has 1 aliphatic carbocycles. The number of rotatable bonds is 6. The first-order valence-corrected chi connectivity index (χ1v) is 9.45. The van der Waals surface area contributed by atoms with Crippen molar-refractivity contribution in [2.75, 3.05) is 14.1 Å². The Morgan fingerprint density at radius 3 is 2.67 bits per heavy atom. The highest BCUT2D eigenvalue weighted by Crippen LogP contribution is 2.54. The zero-order valence-electron chi connectivity index (χ0n) is 16.1. The number of alkyl halides is 2. The molecular weight excluding hydrogens is 423 g/mol. The van der Waals surface area contributed by atoms with Crippen molar-refractivity contribution in [3.05, 3.63) is 52.2 Å². The smallest absolute Gasteiger partial charge is 0.280 e. The summed E-state index contributed by atoms with van der Waals surface area (Å²) in [4.78, 5) is 17.5. The highest BCUT2D eigenvalue weighted by Gasteiger charge is 2.51. The topological polar surface area (TPSA) is 77.1 Å². The predicted molar refractivity (Wildman–Crippen MR) is 101 cm³/mol. The van der Waals surface area contributed by atoms with Crippen molar-refractivity contribution in [2.24, 2.45) is 0 Å². The van der Waals surface area contributed by atoms with E-state index in [2.05, 4.69) is 15.2 Å². The summed E-state index contributed by atoms with van der Waals surface area (Å²) in [5, 5.41) is 8.30. The number of hydrogen-bond donors (Lipinski definition) is 0. The van der Waals surface area contributed by atoms with Crippen molar-refractivity contribution in [3.63, 3.8) is 0 Å². The van der Waals surface area contributed by atoms with E-state index in [1.807, 2.05) is 0 Å². The number of amides is 1. The summed E-state index contributed by atoms with van der Waals surface area (Å²) in [5.41, 5.74) is -0.325. The van der Waals surface area contributed by atoms with E-state index in [0.29, 0.717) is 24.2 Å². The lowest BCUT2D eigenvalue weighted by molar-refractivity contribution is -0.129. The minimum Gasteiger partial charge on any atom is -0.347 e. The second-order valence-corrected chi connectivity index (χ2v) is 7.74. The van der Waals surface area contributed by atoms with Gasteiger partial charge in [-0.3, -0.25) is 9.48 Å². The Kier molecular flexibility index (Phi) is 5.05. The standard InChI is InChI=1S/C19H17ClF3N5O2/c1-27(2)15(29)9-28-14(16(22)23)8-13(25-28)17-24-18(26-30-17)19(5-6-19)11-4-3-10(21)7-12(11)20/h3-4,7-8,16H,5-6,9H2,1-2H3. The van der Waals surface area contributed by atoms with E-state index < -0.39 is 23.4 Å². The molecule has 0 bridgehead atoms. The van der Waals surface area contributed by atoms with Gasteiger partial charge in [-0.15, -0.1) is 0 Å². The lowest BCUT2D eigenvalue weighted by Crippen LogP contribution is -2.27. The molecule has 0 N–H and O–H groups in total. The van der Waals surface area contributed by atoms with Crippen LogP contribution in [0.25, 0.3) is 11.6 Å². The molecule has 158 valence electrons. The predicted octanol–water partition coefficient (Wildman–Crippen LogP) is 3.83. The zero-order valence-corrected chi connectivity index (χ0v) is 16.8. The lowest BCUT2D eigenvalue weighted by Gasteiger charge is -2.12. The summed E-state index contributed by atoms with van der Waals surface area (Å²) in [6.07, 6.45) is -1.46. The summed E-state index contributed by atoms with van der Waals surface area (Å²) in [7, 11) is 3.05. The third kappa shape index (κ3) is 3.55. The molecule has 7 nitrogen and oxygen atoms in total. The molecule has 30 heavy (non-hydrogen) atoms.